The Hall–Kier alpha value is -1.81. The zero-order valence-electron chi connectivity index (χ0n) is 12.8. The van der Waals surface area contributed by atoms with E-state index in [0.717, 1.165) is 34.8 Å². The molecule has 0 radical (unpaired) electrons. The molecule has 0 bridgehead atoms. The highest BCUT2D eigenvalue weighted by Crippen LogP contribution is 2.29. The summed E-state index contributed by atoms with van der Waals surface area (Å²) in [5.74, 6) is 0.857. The van der Waals surface area contributed by atoms with Gasteiger partial charge in [-0.25, -0.2) is 9.67 Å². The lowest BCUT2D eigenvalue weighted by atomic mass is 10.1. The van der Waals surface area contributed by atoms with Crippen LogP contribution in [-0.4, -0.2) is 19.3 Å². The van der Waals surface area contributed by atoms with Crippen LogP contribution in [-0.2, 0) is 13.5 Å². The van der Waals surface area contributed by atoms with Crippen LogP contribution in [0.2, 0.25) is 0 Å². The van der Waals surface area contributed by atoms with E-state index in [1.165, 1.54) is 5.56 Å². The van der Waals surface area contributed by atoms with E-state index in [-0.39, 0.29) is 5.38 Å². The Morgan fingerprint density at radius 2 is 2.10 bits per heavy atom. The third kappa shape index (κ3) is 2.23. The molecular weight excluding hydrogens is 284 g/mol. The Morgan fingerprint density at radius 3 is 2.76 bits per heavy atom. The van der Waals surface area contributed by atoms with Crippen LogP contribution in [0.1, 0.15) is 36.3 Å². The highest BCUT2D eigenvalue weighted by Gasteiger charge is 2.21. The highest BCUT2D eigenvalue weighted by molar-refractivity contribution is 6.20. The highest BCUT2D eigenvalue weighted by atomic mass is 35.5. The van der Waals surface area contributed by atoms with Gasteiger partial charge in [0.25, 0.3) is 0 Å². The normalized spacial score (nSPS) is 13.0. The number of nitrogens with zero attached hydrogens (tertiary/aromatic N) is 4. The third-order valence-corrected chi connectivity index (χ3v) is 3.96. The maximum atomic E-state index is 6.35. The summed E-state index contributed by atoms with van der Waals surface area (Å²) < 4.78 is 3.99. The molecule has 1 atom stereocenters. The summed E-state index contributed by atoms with van der Waals surface area (Å²) in [5.41, 5.74) is 5.21. The van der Waals surface area contributed by atoms with Crippen LogP contribution in [0.3, 0.4) is 0 Å². The lowest BCUT2D eigenvalue weighted by molar-refractivity contribution is 0.748. The van der Waals surface area contributed by atoms with E-state index >= 15 is 0 Å². The SMILES string of the molecule is CCc1cccc(-n2c(C(C)Cl)nc3c(C)nn(C)c32)c1. The summed E-state index contributed by atoms with van der Waals surface area (Å²) >= 11 is 6.35. The number of hydrogen-bond donors (Lipinski definition) is 0. The molecule has 0 N–H and O–H groups in total. The number of rotatable bonds is 3. The first-order chi connectivity index (χ1) is 10.0. The zero-order valence-corrected chi connectivity index (χ0v) is 13.5. The fraction of sp³-hybridized carbons (Fsp3) is 0.375. The Labute approximate surface area is 129 Å². The molecule has 2 aromatic heterocycles. The van der Waals surface area contributed by atoms with Crippen LogP contribution in [0.5, 0.6) is 0 Å². The van der Waals surface area contributed by atoms with Crippen molar-refractivity contribution in [3.63, 3.8) is 0 Å². The molecule has 4 nitrogen and oxygen atoms in total. The molecule has 1 unspecified atom stereocenters. The van der Waals surface area contributed by atoms with Crippen molar-refractivity contribution < 1.29 is 0 Å². The van der Waals surface area contributed by atoms with Crippen LogP contribution in [0.4, 0.5) is 0 Å². The molecule has 0 saturated heterocycles. The van der Waals surface area contributed by atoms with Crippen molar-refractivity contribution in [3.8, 4) is 5.69 Å². The second kappa shape index (κ2) is 5.19. The number of aryl methyl sites for hydroxylation is 3. The lowest BCUT2D eigenvalue weighted by Crippen LogP contribution is -2.06. The molecule has 1 aromatic carbocycles. The summed E-state index contributed by atoms with van der Waals surface area (Å²) in [6.45, 7) is 6.08. The summed E-state index contributed by atoms with van der Waals surface area (Å²) in [4.78, 5) is 4.71. The van der Waals surface area contributed by atoms with Gasteiger partial charge in [-0.3, -0.25) is 4.57 Å². The van der Waals surface area contributed by atoms with Crippen LogP contribution in [0.25, 0.3) is 16.9 Å². The summed E-state index contributed by atoms with van der Waals surface area (Å²) in [5, 5.41) is 4.30. The van der Waals surface area contributed by atoms with Gasteiger partial charge in [-0.2, -0.15) is 5.10 Å². The number of imidazole rings is 1. The van der Waals surface area contributed by atoms with E-state index in [4.69, 9.17) is 16.6 Å². The van der Waals surface area contributed by atoms with Crippen molar-refractivity contribution in [1.29, 1.82) is 0 Å². The zero-order chi connectivity index (χ0) is 15.1. The van der Waals surface area contributed by atoms with Crippen molar-refractivity contribution in [2.24, 2.45) is 7.05 Å². The second-order valence-corrected chi connectivity index (χ2v) is 5.98. The molecule has 0 amide bonds. The average Bonchev–Trinajstić information content (AvgIpc) is 2.98. The van der Waals surface area contributed by atoms with Gasteiger partial charge in [-0.15, -0.1) is 11.6 Å². The van der Waals surface area contributed by atoms with E-state index in [1.54, 1.807) is 0 Å². The van der Waals surface area contributed by atoms with Gasteiger partial charge in [-0.05, 0) is 38.0 Å². The number of alkyl halides is 1. The van der Waals surface area contributed by atoms with E-state index in [2.05, 4.69) is 40.9 Å². The molecule has 0 saturated carbocycles. The molecule has 0 fully saturated rings. The van der Waals surface area contributed by atoms with Crippen molar-refractivity contribution >= 4 is 22.8 Å². The first kappa shape index (κ1) is 14.1. The van der Waals surface area contributed by atoms with Crippen LogP contribution in [0, 0.1) is 6.92 Å². The molecule has 0 aliphatic heterocycles. The molecule has 3 aromatic rings. The average molecular weight is 303 g/mol. The quantitative estimate of drug-likeness (QED) is 0.687. The molecule has 110 valence electrons. The number of aromatic nitrogens is 4. The van der Waals surface area contributed by atoms with Gasteiger partial charge in [0.2, 0.25) is 0 Å². The number of fused-ring (bicyclic) bond motifs is 1. The van der Waals surface area contributed by atoms with Gasteiger partial charge in [0, 0.05) is 12.7 Å². The molecule has 0 aliphatic rings. The Balaban J connectivity index is 2.35. The van der Waals surface area contributed by atoms with Crippen molar-refractivity contribution in [3.05, 3.63) is 41.3 Å². The fourth-order valence-electron chi connectivity index (χ4n) is 2.73. The van der Waals surface area contributed by atoms with E-state index in [0.29, 0.717) is 0 Å². The molecular formula is C16H19ClN4. The first-order valence-electron chi connectivity index (χ1n) is 7.18. The molecule has 3 rings (SSSR count). The summed E-state index contributed by atoms with van der Waals surface area (Å²) in [7, 11) is 1.94. The first-order valence-corrected chi connectivity index (χ1v) is 7.62. The lowest BCUT2D eigenvalue weighted by Gasteiger charge is -2.12. The predicted octanol–water partition coefficient (Wildman–Crippen LogP) is 3.93. The van der Waals surface area contributed by atoms with Crippen molar-refractivity contribution in [2.45, 2.75) is 32.6 Å². The minimum atomic E-state index is -0.165. The van der Waals surface area contributed by atoms with Crippen LogP contribution < -0.4 is 0 Å². The Morgan fingerprint density at radius 1 is 1.33 bits per heavy atom. The molecule has 21 heavy (non-hydrogen) atoms. The van der Waals surface area contributed by atoms with E-state index < -0.39 is 0 Å². The minimum Gasteiger partial charge on any atom is -0.280 e. The van der Waals surface area contributed by atoms with E-state index in [1.807, 2.05) is 25.6 Å². The Bertz CT molecular complexity index is 798. The fourth-order valence-corrected chi connectivity index (χ4v) is 2.87. The van der Waals surface area contributed by atoms with Gasteiger partial charge in [-0.1, -0.05) is 19.1 Å². The maximum absolute atomic E-state index is 6.35. The van der Waals surface area contributed by atoms with Gasteiger partial charge in [0.15, 0.2) is 5.65 Å². The molecule has 0 aliphatic carbocycles. The van der Waals surface area contributed by atoms with Gasteiger partial charge >= 0.3 is 0 Å². The monoisotopic (exact) mass is 302 g/mol. The molecule has 0 spiro atoms. The second-order valence-electron chi connectivity index (χ2n) is 5.33. The number of benzene rings is 1. The van der Waals surface area contributed by atoms with Crippen molar-refractivity contribution in [1.82, 2.24) is 19.3 Å². The third-order valence-electron chi connectivity index (χ3n) is 3.76. The largest absolute Gasteiger partial charge is 0.280 e. The smallest absolute Gasteiger partial charge is 0.163 e. The number of halogens is 1. The van der Waals surface area contributed by atoms with E-state index in [9.17, 15) is 0 Å². The minimum absolute atomic E-state index is 0.165. The summed E-state index contributed by atoms with van der Waals surface area (Å²) in [6.07, 6.45) is 1.00. The predicted molar refractivity (Wildman–Crippen MR) is 86.2 cm³/mol. The van der Waals surface area contributed by atoms with Crippen LogP contribution >= 0.6 is 11.6 Å². The van der Waals surface area contributed by atoms with Crippen molar-refractivity contribution in [2.75, 3.05) is 0 Å². The maximum Gasteiger partial charge on any atom is 0.163 e. The Kier molecular flexibility index (Phi) is 3.49. The molecule has 5 heteroatoms. The van der Waals surface area contributed by atoms with Gasteiger partial charge in [0.05, 0.1) is 11.1 Å². The van der Waals surface area contributed by atoms with Gasteiger partial charge in [0.1, 0.15) is 11.3 Å². The molecule has 2 heterocycles. The number of hydrogen-bond acceptors (Lipinski definition) is 2. The standard InChI is InChI=1S/C16H19ClN4/c1-5-12-7-6-8-13(9-12)21-15(10(2)17)18-14-11(3)19-20(4)16(14)21/h6-10H,5H2,1-4H3. The van der Waals surface area contributed by atoms with Gasteiger partial charge < -0.3 is 0 Å². The topological polar surface area (TPSA) is 35.6 Å². The van der Waals surface area contributed by atoms with Crippen LogP contribution in [0.15, 0.2) is 24.3 Å². The summed E-state index contributed by atoms with van der Waals surface area (Å²) in [6, 6.07) is 8.49.